The van der Waals surface area contributed by atoms with Crippen molar-refractivity contribution in [1.29, 1.82) is 0 Å². The van der Waals surface area contributed by atoms with Crippen molar-refractivity contribution in [1.82, 2.24) is 5.32 Å². The van der Waals surface area contributed by atoms with Crippen LogP contribution in [0.15, 0.2) is 18.2 Å². The summed E-state index contributed by atoms with van der Waals surface area (Å²) in [5, 5.41) is 2.89. The van der Waals surface area contributed by atoms with E-state index in [0.717, 1.165) is 6.42 Å². The fraction of sp³-hybridized carbons (Fsp3) is 0.400. The minimum Gasteiger partial charge on any atom is -0.497 e. The molecule has 0 saturated carbocycles. The van der Waals surface area contributed by atoms with E-state index in [1.165, 1.54) is 7.11 Å². The predicted molar refractivity (Wildman–Crippen MR) is 74.5 cm³/mol. The molecule has 0 aliphatic rings. The highest BCUT2D eigenvalue weighted by Crippen LogP contribution is 2.24. The average Bonchev–Trinajstić information content (AvgIpc) is 2.45. The van der Waals surface area contributed by atoms with Gasteiger partial charge in [0.15, 0.2) is 0 Å². The van der Waals surface area contributed by atoms with Crippen LogP contribution in [0.4, 0.5) is 0 Å². The number of amides is 1. The van der Waals surface area contributed by atoms with Gasteiger partial charge in [-0.2, -0.15) is 0 Å². The van der Waals surface area contributed by atoms with Crippen LogP contribution in [0.25, 0.3) is 0 Å². The lowest BCUT2D eigenvalue weighted by Crippen LogP contribution is -2.34. The monoisotopic (exact) mass is 261 g/mol. The lowest BCUT2D eigenvalue weighted by Gasteiger charge is -2.16. The van der Waals surface area contributed by atoms with Gasteiger partial charge in [-0.25, -0.2) is 0 Å². The van der Waals surface area contributed by atoms with E-state index in [4.69, 9.17) is 15.9 Å². The van der Waals surface area contributed by atoms with E-state index in [2.05, 4.69) is 11.2 Å². The first-order valence-electron chi connectivity index (χ1n) is 6.12. The minimum atomic E-state index is -0.193. The summed E-state index contributed by atoms with van der Waals surface area (Å²) < 4.78 is 10.3. The summed E-state index contributed by atoms with van der Waals surface area (Å²) in [5.74, 6) is 3.49. The Labute approximate surface area is 114 Å². The van der Waals surface area contributed by atoms with Crippen LogP contribution in [0.2, 0.25) is 0 Å². The van der Waals surface area contributed by atoms with Crippen LogP contribution in [-0.2, 0) is 0 Å². The molecular weight excluding hydrogens is 242 g/mol. The molecule has 1 N–H and O–H groups in total. The van der Waals surface area contributed by atoms with Gasteiger partial charge in [-0.3, -0.25) is 4.79 Å². The largest absolute Gasteiger partial charge is 0.497 e. The first-order valence-corrected chi connectivity index (χ1v) is 6.12. The molecule has 0 radical (unpaired) electrons. The normalized spacial score (nSPS) is 11.3. The molecule has 0 saturated heterocycles. The first kappa shape index (κ1) is 14.9. The molecule has 4 heteroatoms. The number of nitrogens with one attached hydrogen (secondary N) is 1. The zero-order chi connectivity index (χ0) is 14.3. The first-order chi connectivity index (χ1) is 9.15. The van der Waals surface area contributed by atoms with Crippen molar-refractivity contribution in [2.75, 3.05) is 14.2 Å². The fourth-order valence-corrected chi connectivity index (χ4v) is 1.69. The van der Waals surface area contributed by atoms with Crippen LogP contribution in [0.3, 0.4) is 0 Å². The van der Waals surface area contributed by atoms with Crippen molar-refractivity contribution < 1.29 is 14.3 Å². The van der Waals surface area contributed by atoms with Gasteiger partial charge in [-0.05, 0) is 18.6 Å². The molecule has 0 bridgehead atoms. The second kappa shape index (κ2) is 7.32. The highest BCUT2D eigenvalue weighted by atomic mass is 16.5. The van der Waals surface area contributed by atoms with Gasteiger partial charge in [0.05, 0.1) is 19.8 Å². The number of ether oxygens (including phenoxy) is 2. The van der Waals surface area contributed by atoms with E-state index in [1.807, 2.05) is 6.92 Å². The smallest absolute Gasteiger partial charge is 0.255 e. The molecule has 1 amide bonds. The number of carbonyl (C=O) groups is 1. The summed E-state index contributed by atoms with van der Waals surface area (Å²) in [4.78, 5) is 12.2. The number of methoxy groups -OCH3 is 2. The maximum atomic E-state index is 12.2. The molecule has 0 aromatic heterocycles. The van der Waals surface area contributed by atoms with Crippen LogP contribution in [-0.4, -0.2) is 26.2 Å². The van der Waals surface area contributed by atoms with Gasteiger partial charge in [0.1, 0.15) is 11.5 Å². The van der Waals surface area contributed by atoms with Gasteiger partial charge < -0.3 is 14.8 Å². The van der Waals surface area contributed by atoms with Gasteiger partial charge in [0.25, 0.3) is 5.91 Å². The van der Waals surface area contributed by atoms with Crippen LogP contribution < -0.4 is 14.8 Å². The Morgan fingerprint density at radius 1 is 1.42 bits per heavy atom. The SMILES string of the molecule is C#CCC(CC)NC(=O)c1ccc(OC)cc1OC. The fourth-order valence-electron chi connectivity index (χ4n) is 1.69. The average molecular weight is 261 g/mol. The Bertz CT molecular complexity index is 477. The highest BCUT2D eigenvalue weighted by molar-refractivity contribution is 5.97. The number of rotatable bonds is 6. The van der Waals surface area contributed by atoms with Crippen LogP contribution >= 0.6 is 0 Å². The third-order valence-electron chi connectivity index (χ3n) is 2.85. The second-order valence-corrected chi connectivity index (χ2v) is 4.05. The van der Waals surface area contributed by atoms with E-state index in [0.29, 0.717) is 23.5 Å². The molecule has 1 atom stereocenters. The van der Waals surface area contributed by atoms with E-state index in [-0.39, 0.29) is 11.9 Å². The molecule has 1 aromatic carbocycles. The lowest BCUT2D eigenvalue weighted by molar-refractivity contribution is 0.0933. The topological polar surface area (TPSA) is 47.6 Å². The Kier molecular flexibility index (Phi) is 5.74. The molecule has 1 aromatic rings. The van der Waals surface area contributed by atoms with Gasteiger partial charge in [-0.15, -0.1) is 12.3 Å². The molecule has 0 heterocycles. The van der Waals surface area contributed by atoms with Gasteiger partial charge >= 0.3 is 0 Å². The quantitative estimate of drug-likeness (QED) is 0.799. The number of benzene rings is 1. The molecule has 1 rings (SSSR count). The number of carbonyl (C=O) groups excluding carboxylic acids is 1. The Balaban J connectivity index is 2.90. The summed E-state index contributed by atoms with van der Waals surface area (Å²) >= 11 is 0. The van der Waals surface area contributed by atoms with Gasteiger partial charge in [0, 0.05) is 18.5 Å². The number of terminal acetylenes is 1. The molecule has 19 heavy (non-hydrogen) atoms. The second-order valence-electron chi connectivity index (χ2n) is 4.05. The zero-order valence-electron chi connectivity index (χ0n) is 11.5. The summed E-state index contributed by atoms with van der Waals surface area (Å²) in [6.07, 6.45) is 6.57. The molecule has 0 fully saturated rings. The molecular formula is C15H19NO3. The van der Waals surface area contributed by atoms with Crippen molar-refractivity contribution in [2.24, 2.45) is 0 Å². The highest BCUT2D eigenvalue weighted by Gasteiger charge is 2.16. The third-order valence-corrected chi connectivity index (χ3v) is 2.85. The molecule has 0 aliphatic carbocycles. The summed E-state index contributed by atoms with van der Waals surface area (Å²) in [5.41, 5.74) is 0.471. The summed E-state index contributed by atoms with van der Waals surface area (Å²) in [7, 11) is 3.08. The lowest BCUT2D eigenvalue weighted by atomic mass is 10.1. The van der Waals surface area contributed by atoms with Crippen molar-refractivity contribution in [3.8, 4) is 23.8 Å². The molecule has 4 nitrogen and oxygen atoms in total. The number of hydrogen-bond donors (Lipinski definition) is 1. The Hall–Kier alpha value is -2.15. The molecule has 0 aliphatic heterocycles. The maximum Gasteiger partial charge on any atom is 0.255 e. The van der Waals surface area contributed by atoms with Crippen LogP contribution in [0.1, 0.15) is 30.1 Å². The predicted octanol–water partition coefficient (Wildman–Crippen LogP) is 2.24. The Morgan fingerprint density at radius 3 is 2.68 bits per heavy atom. The summed E-state index contributed by atoms with van der Waals surface area (Å²) in [6.45, 7) is 1.98. The van der Waals surface area contributed by atoms with Crippen molar-refractivity contribution >= 4 is 5.91 Å². The van der Waals surface area contributed by atoms with Crippen molar-refractivity contribution in [3.63, 3.8) is 0 Å². The van der Waals surface area contributed by atoms with Crippen molar-refractivity contribution in [2.45, 2.75) is 25.8 Å². The van der Waals surface area contributed by atoms with Crippen LogP contribution in [0, 0.1) is 12.3 Å². The molecule has 102 valence electrons. The third kappa shape index (κ3) is 3.92. The molecule has 1 unspecified atom stereocenters. The minimum absolute atomic E-state index is 0.0238. The molecule has 0 spiro atoms. The van der Waals surface area contributed by atoms with E-state index < -0.39 is 0 Å². The summed E-state index contributed by atoms with van der Waals surface area (Å²) in [6, 6.07) is 5.05. The van der Waals surface area contributed by atoms with E-state index >= 15 is 0 Å². The van der Waals surface area contributed by atoms with Crippen LogP contribution in [0.5, 0.6) is 11.5 Å². The van der Waals surface area contributed by atoms with Crippen molar-refractivity contribution in [3.05, 3.63) is 23.8 Å². The Morgan fingerprint density at radius 2 is 2.16 bits per heavy atom. The maximum absolute atomic E-state index is 12.2. The number of hydrogen-bond acceptors (Lipinski definition) is 3. The van der Waals surface area contributed by atoms with Gasteiger partial charge in [0.2, 0.25) is 0 Å². The van der Waals surface area contributed by atoms with E-state index in [1.54, 1.807) is 25.3 Å². The van der Waals surface area contributed by atoms with Gasteiger partial charge in [-0.1, -0.05) is 6.92 Å². The zero-order valence-corrected chi connectivity index (χ0v) is 11.5. The van der Waals surface area contributed by atoms with E-state index in [9.17, 15) is 4.79 Å². The standard InChI is InChI=1S/C15H19NO3/c1-5-7-11(6-2)16-15(17)13-9-8-12(18-3)10-14(13)19-4/h1,8-11H,6-7H2,2-4H3,(H,16,17).